The second-order valence-corrected chi connectivity index (χ2v) is 7.45. The molecule has 1 N–H and O–H groups in total. The third-order valence-electron chi connectivity index (χ3n) is 4.56. The second-order valence-electron chi connectivity index (χ2n) is 6.58. The van der Waals surface area contributed by atoms with Gasteiger partial charge in [0.05, 0.1) is 5.69 Å². The Morgan fingerprint density at radius 3 is 2.32 bits per heavy atom. The molecule has 1 saturated carbocycles. The van der Waals surface area contributed by atoms with Crippen molar-refractivity contribution in [3.63, 3.8) is 0 Å². The highest BCUT2D eigenvalue weighted by molar-refractivity contribution is 6.31. The maximum atomic E-state index is 12.5. The van der Waals surface area contributed by atoms with E-state index in [1.807, 2.05) is 26.0 Å². The van der Waals surface area contributed by atoms with Crippen molar-refractivity contribution in [1.82, 2.24) is 0 Å². The molecular weight excluding hydrogens is 357 g/mol. The lowest BCUT2D eigenvalue weighted by molar-refractivity contribution is -0.119. The van der Waals surface area contributed by atoms with Crippen LogP contribution < -0.4 is 10.1 Å². The minimum Gasteiger partial charge on any atom is -0.455 e. The summed E-state index contributed by atoms with van der Waals surface area (Å²) in [6.45, 7) is 3.89. The van der Waals surface area contributed by atoms with E-state index < -0.39 is 0 Å². The lowest BCUT2D eigenvalue weighted by Gasteiger charge is -2.17. The first-order chi connectivity index (χ1) is 11.9. The Bertz CT molecular complexity index is 775. The van der Waals surface area contributed by atoms with Gasteiger partial charge in [0, 0.05) is 16.0 Å². The highest BCUT2D eigenvalue weighted by Crippen LogP contribution is 2.37. The molecule has 0 aromatic heterocycles. The van der Waals surface area contributed by atoms with Gasteiger partial charge in [-0.3, -0.25) is 4.79 Å². The molecular formula is C20H21Cl2NO2. The molecule has 2 aromatic rings. The molecule has 25 heavy (non-hydrogen) atoms. The van der Waals surface area contributed by atoms with E-state index in [4.69, 9.17) is 27.9 Å². The largest absolute Gasteiger partial charge is 0.455 e. The number of anilines is 1. The van der Waals surface area contributed by atoms with E-state index in [-0.39, 0.29) is 11.8 Å². The van der Waals surface area contributed by atoms with Crippen LogP contribution in [0.5, 0.6) is 11.5 Å². The van der Waals surface area contributed by atoms with Gasteiger partial charge in [-0.25, -0.2) is 0 Å². The molecule has 5 heteroatoms. The van der Waals surface area contributed by atoms with Crippen LogP contribution in [0.4, 0.5) is 5.69 Å². The first-order valence-electron chi connectivity index (χ1n) is 8.49. The SMILES string of the molecule is Cc1cc(Cl)cc(C)c1Oc1ccc(Cl)cc1NC(=O)C1CCCC1. The van der Waals surface area contributed by atoms with Crippen molar-refractivity contribution in [3.05, 3.63) is 51.5 Å². The minimum absolute atomic E-state index is 0.0363. The highest BCUT2D eigenvalue weighted by Gasteiger charge is 2.23. The van der Waals surface area contributed by atoms with Crippen LogP contribution in [-0.4, -0.2) is 5.91 Å². The number of hydrogen-bond acceptors (Lipinski definition) is 2. The van der Waals surface area contributed by atoms with Crippen molar-refractivity contribution in [3.8, 4) is 11.5 Å². The lowest BCUT2D eigenvalue weighted by atomic mass is 10.1. The summed E-state index contributed by atoms with van der Waals surface area (Å²) < 4.78 is 6.11. The number of halogens is 2. The Morgan fingerprint density at radius 2 is 1.68 bits per heavy atom. The normalized spacial score (nSPS) is 14.6. The van der Waals surface area contributed by atoms with Crippen LogP contribution in [0.3, 0.4) is 0 Å². The molecule has 1 aliphatic rings. The van der Waals surface area contributed by atoms with E-state index >= 15 is 0 Å². The summed E-state index contributed by atoms with van der Waals surface area (Å²) in [7, 11) is 0. The molecule has 3 rings (SSSR count). The average molecular weight is 378 g/mol. The fraction of sp³-hybridized carbons (Fsp3) is 0.350. The van der Waals surface area contributed by atoms with E-state index in [2.05, 4.69) is 5.32 Å². The van der Waals surface area contributed by atoms with Crippen LogP contribution in [0.15, 0.2) is 30.3 Å². The van der Waals surface area contributed by atoms with Gasteiger partial charge in [-0.15, -0.1) is 0 Å². The zero-order valence-electron chi connectivity index (χ0n) is 14.4. The van der Waals surface area contributed by atoms with Gasteiger partial charge >= 0.3 is 0 Å². The Hall–Kier alpha value is -1.71. The predicted octanol–water partition coefficient (Wildman–Crippen LogP) is 6.53. The molecule has 0 aliphatic heterocycles. The summed E-state index contributed by atoms with van der Waals surface area (Å²) in [4.78, 5) is 12.5. The summed E-state index contributed by atoms with van der Waals surface area (Å²) in [6, 6.07) is 8.97. The van der Waals surface area contributed by atoms with Crippen molar-refractivity contribution < 1.29 is 9.53 Å². The van der Waals surface area contributed by atoms with Gasteiger partial charge in [0.15, 0.2) is 5.75 Å². The third-order valence-corrected chi connectivity index (χ3v) is 5.02. The van der Waals surface area contributed by atoms with Crippen molar-refractivity contribution in [1.29, 1.82) is 0 Å². The lowest BCUT2D eigenvalue weighted by Crippen LogP contribution is -2.20. The van der Waals surface area contributed by atoms with Crippen LogP contribution in [0.2, 0.25) is 10.0 Å². The molecule has 0 spiro atoms. The van der Waals surface area contributed by atoms with E-state index in [1.54, 1.807) is 18.2 Å². The topological polar surface area (TPSA) is 38.3 Å². The van der Waals surface area contributed by atoms with Gasteiger partial charge in [-0.2, -0.15) is 0 Å². The first-order valence-corrected chi connectivity index (χ1v) is 9.24. The zero-order valence-corrected chi connectivity index (χ0v) is 15.9. The van der Waals surface area contributed by atoms with Crippen molar-refractivity contribution in [2.75, 3.05) is 5.32 Å². The summed E-state index contributed by atoms with van der Waals surface area (Å²) in [5, 5.41) is 4.22. The van der Waals surface area contributed by atoms with Gasteiger partial charge < -0.3 is 10.1 Å². The van der Waals surface area contributed by atoms with Crippen LogP contribution >= 0.6 is 23.2 Å². The number of amides is 1. The molecule has 3 nitrogen and oxygen atoms in total. The Balaban J connectivity index is 1.88. The first kappa shape index (κ1) is 18.1. The van der Waals surface area contributed by atoms with Gasteiger partial charge in [-0.05, 0) is 68.1 Å². The molecule has 0 unspecified atom stereocenters. The van der Waals surface area contributed by atoms with Gasteiger partial charge in [0.1, 0.15) is 5.75 Å². The van der Waals surface area contributed by atoms with Crippen molar-refractivity contribution in [2.45, 2.75) is 39.5 Å². The fourth-order valence-electron chi connectivity index (χ4n) is 3.28. The number of benzene rings is 2. The molecule has 1 aliphatic carbocycles. The van der Waals surface area contributed by atoms with Crippen molar-refractivity contribution >= 4 is 34.8 Å². The highest BCUT2D eigenvalue weighted by atomic mass is 35.5. The number of hydrogen-bond donors (Lipinski definition) is 1. The standard InChI is InChI=1S/C20H21Cl2NO2/c1-12-9-16(22)10-13(2)19(12)25-18-8-7-15(21)11-17(18)23-20(24)14-5-3-4-6-14/h7-11,14H,3-6H2,1-2H3,(H,23,24). The molecule has 0 atom stereocenters. The van der Waals surface area contributed by atoms with Crippen LogP contribution in [0, 0.1) is 19.8 Å². The Kier molecular flexibility index (Phi) is 5.55. The predicted molar refractivity (Wildman–Crippen MR) is 103 cm³/mol. The third kappa shape index (κ3) is 4.28. The summed E-state index contributed by atoms with van der Waals surface area (Å²) >= 11 is 12.2. The van der Waals surface area contributed by atoms with Crippen LogP contribution in [-0.2, 0) is 4.79 Å². The number of aryl methyl sites for hydroxylation is 2. The summed E-state index contributed by atoms with van der Waals surface area (Å²) in [6.07, 6.45) is 4.11. The second kappa shape index (κ2) is 7.67. The molecule has 0 saturated heterocycles. The quantitative estimate of drug-likeness (QED) is 0.657. The number of rotatable bonds is 4. The smallest absolute Gasteiger partial charge is 0.227 e. The van der Waals surface area contributed by atoms with E-state index in [9.17, 15) is 4.79 Å². The number of ether oxygens (including phenoxy) is 1. The average Bonchev–Trinajstić information content (AvgIpc) is 3.07. The number of nitrogens with one attached hydrogen (secondary N) is 1. The monoisotopic (exact) mass is 377 g/mol. The Labute approximate surface area is 158 Å². The molecule has 0 radical (unpaired) electrons. The van der Waals surface area contributed by atoms with Crippen LogP contribution in [0.1, 0.15) is 36.8 Å². The number of carbonyl (C=O) groups is 1. The molecule has 0 bridgehead atoms. The van der Waals surface area contributed by atoms with E-state index in [0.29, 0.717) is 21.5 Å². The molecule has 2 aromatic carbocycles. The van der Waals surface area contributed by atoms with E-state index in [0.717, 1.165) is 42.6 Å². The molecule has 1 fully saturated rings. The van der Waals surface area contributed by atoms with Crippen molar-refractivity contribution in [2.24, 2.45) is 5.92 Å². The molecule has 132 valence electrons. The Morgan fingerprint density at radius 1 is 1.04 bits per heavy atom. The summed E-state index contributed by atoms with van der Waals surface area (Å²) in [5.41, 5.74) is 2.47. The molecule has 0 heterocycles. The maximum absolute atomic E-state index is 12.5. The van der Waals surface area contributed by atoms with Crippen LogP contribution in [0.25, 0.3) is 0 Å². The zero-order chi connectivity index (χ0) is 18.0. The van der Waals surface area contributed by atoms with E-state index in [1.165, 1.54) is 0 Å². The summed E-state index contributed by atoms with van der Waals surface area (Å²) in [5.74, 6) is 1.42. The number of carbonyl (C=O) groups excluding carboxylic acids is 1. The maximum Gasteiger partial charge on any atom is 0.227 e. The molecule has 1 amide bonds. The minimum atomic E-state index is 0.0363. The van der Waals surface area contributed by atoms with Gasteiger partial charge in [-0.1, -0.05) is 36.0 Å². The van der Waals surface area contributed by atoms with Gasteiger partial charge in [0.25, 0.3) is 0 Å². The fourth-order valence-corrected chi connectivity index (χ4v) is 3.78. The van der Waals surface area contributed by atoms with Gasteiger partial charge in [0.2, 0.25) is 5.91 Å².